The number of nitrogens with zero attached hydrogens (tertiary/aromatic N) is 2. The minimum atomic E-state index is -0.0208. The van der Waals surface area contributed by atoms with Gasteiger partial charge >= 0.3 is 0 Å². The van der Waals surface area contributed by atoms with Crippen molar-refractivity contribution in [2.75, 3.05) is 5.32 Å². The Morgan fingerprint density at radius 3 is 2.47 bits per heavy atom. The third-order valence-corrected chi connectivity index (χ3v) is 4.33. The maximum absolute atomic E-state index is 12.1. The lowest BCUT2D eigenvalue weighted by Crippen LogP contribution is -2.22. The van der Waals surface area contributed by atoms with Crippen molar-refractivity contribution in [3.05, 3.63) is 5.01 Å². The average Bonchev–Trinajstić information content (AvgIpc) is 2.78. The summed E-state index contributed by atoms with van der Waals surface area (Å²) in [5.74, 6) is 0.162. The lowest BCUT2D eigenvalue weighted by atomic mass is 9.98. The van der Waals surface area contributed by atoms with Gasteiger partial charge in [0.2, 0.25) is 11.0 Å². The molecule has 0 aromatic carbocycles. The van der Waals surface area contributed by atoms with Gasteiger partial charge in [0, 0.05) is 11.3 Å². The predicted molar refractivity (Wildman–Crippen MR) is 80.5 cm³/mol. The summed E-state index contributed by atoms with van der Waals surface area (Å²) in [7, 11) is 0. The molecule has 0 saturated heterocycles. The molecule has 19 heavy (non-hydrogen) atoms. The second-order valence-electron chi connectivity index (χ2n) is 5.90. The molecule has 1 aromatic rings. The molecule has 0 aliphatic carbocycles. The maximum Gasteiger partial charge on any atom is 0.229 e. The van der Waals surface area contributed by atoms with Gasteiger partial charge in [0.15, 0.2) is 0 Å². The van der Waals surface area contributed by atoms with Crippen molar-refractivity contribution in [2.24, 2.45) is 5.92 Å². The third kappa shape index (κ3) is 4.90. The van der Waals surface area contributed by atoms with Crippen LogP contribution in [0.3, 0.4) is 0 Å². The van der Waals surface area contributed by atoms with Gasteiger partial charge in [0.25, 0.3) is 0 Å². The van der Waals surface area contributed by atoms with Gasteiger partial charge in [0.05, 0.1) is 0 Å². The number of aromatic nitrogens is 2. The minimum Gasteiger partial charge on any atom is -0.300 e. The molecular formula is C14H25N3OS. The van der Waals surface area contributed by atoms with E-state index in [0.29, 0.717) is 5.13 Å². The van der Waals surface area contributed by atoms with Crippen LogP contribution in [0.1, 0.15) is 65.3 Å². The standard InChI is InChI=1S/C14H25N3OS/c1-6-8-9-10(7-2)11(18)15-13-17-16-12(19-13)14(3,4)5/h10H,6-9H2,1-5H3,(H,15,17,18). The molecule has 1 heterocycles. The molecule has 5 heteroatoms. The molecule has 0 fully saturated rings. The van der Waals surface area contributed by atoms with Crippen molar-refractivity contribution in [3.8, 4) is 0 Å². The Kier molecular flexibility index (Phi) is 5.91. The molecule has 0 aliphatic heterocycles. The van der Waals surface area contributed by atoms with Crippen molar-refractivity contribution >= 4 is 22.4 Å². The summed E-state index contributed by atoms with van der Waals surface area (Å²) in [5.41, 5.74) is -0.0208. The number of rotatable bonds is 6. The van der Waals surface area contributed by atoms with Crippen molar-refractivity contribution < 1.29 is 4.79 Å². The maximum atomic E-state index is 12.1. The number of amides is 1. The molecule has 1 rings (SSSR count). The van der Waals surface area contributed by atoms with E-state index < -0.39 is 0 Å². The van der Waals surface area contributed by atoms with E-state index in [2.05, 4.69) is 50.1 Å². The molecule has 4 nitrogen and oxygen atoms in total. The van der Waals surface area contributed by atoms with E-state index in [4.69, 9.17) is 0 Å². The molecule has 0 radical (unpaired) electrons. The van der Waals surface area contributed by atoms with E-state index in [9.17, 15) is 4.79 Å². The zero-order valence-corrected chi connectivity index (χ0v) is 13.4. The summed E-state index contributed by atoms with van der Waals surface area (Å²) >= 11 is 1.47. The highest BCUT2D eigenvalue weighted by Gasteiger charge is 2.21. The van der Waals surface area contributed by atoms with Crippen LogP contribution < -0.4 is 5.32 Å². The van der Waals surface area contributed by atoms with Crippen molar-refractivity contribution in [2.45, 2.75) is 65.7 Å². The average molecular weight is 283 g/mol. The van der Waals surface area contributed by atoms with E-state index in [1.165, 1.54) is 11.3 Å². The summed E-state index contributed by atoms with van der Waals surface area (Å²) in [5, 5.41) is 12.7. The van der Waals surface area contributed by atoms with Gasteiger partial charge in [-0.25, -0.2) is 0 Å². The Labute approximate surface area is 120 Å². The molecule has 1 N–H and O–H groups in total. The molecule has 1 atom stereocenters. The first-order valence-corrected chi connectivity index (χ1v) is 7.85. The van der Waals surface area contributed by atoms with Gasteiger partial charge in [-0.3, -0.25) is 4.79 Å². The molecule has 0 saturated carbocycles. The van der Waals surface area contributed by atoms with Crippen LogP contribution in [0, 0.1) is 5.92 Å². The lowest BCUT2D eigenvalue weighted by molar-refractivity contribution is -0.120. The first-order valence-electron chi connectivity index (χ1n) is 7.03. The van der Waals surface area contributed by atoms with Crippen LogP contribution in [-0.4, -0.2) is 16.1 Å². The molecular weight excluding hydrogens is 258 g/mol. The molecule has 108 valence electrons. The third-order valence-electron chi connectivity index (χ3n) is 3.07. The zero-order valence-electron chi connectivity index (χ0n) is 12.6. The van der Waals surface area contributed by atoms with E-state index in [0.717, 1.165) is 30.7 Å². The number of unbranched alkanes of at least 4 members (excludes halogenated alkanes) is 1. The predicted octanol–water partition coefficient (Wildman–Crippen LogP) is 3.99. The Balaban J connectivity index is 2.63. The highest BCUT2D eigenvalue weighted by atomic mass is 32.1. The molecule has 1 aromatic heterocycles. The minimum absolute atomic E-state index is 0.0208. The fourth-order valence-electron chi connectivity index (χ4n) is 1.76. The second kappa shape index (κ2) is 6.98. The first kappa shape index (κ1) is 16.1. The van der Waals surface area contributed by atoms with Crippen LogP contribution >= 0.6 is 11.3 Å². The van der Waals surface area contributed by atoms with Crippen LogP contribution in [0.5, 0.6) is 0 Å². The van der Waals surface area contributed by atoms with E-state index in [-0.39, 0.29) is 17.2 Å². The van der Waals surface area contributed by atoms with Gasteiger partial charge in [-0.05, 0) is 12.8 Å². The largest absolute Gasteiger partial charge is 0.300 e. The van der Waals surface area contributed by atoms with E-state index in [1.54, 1.807) is 0 Å². The smallest absolute Gasteiger partial charge is 0.229 e. The first-order chi connectivity index (χ1) is 8.88. The van der Waals surface area contributed by atoms with E-state index >= 15 is 0 Å². The Morgan fingerprint density at radius 2 is 2.00 bits per heavy atom. The second-order valence-corrected chi connectivity index (χ2v) is 6.88. The summed E-state index contributed by atoms with van der Waals surface area (Å²) in [6.45, 7) is 10.5. The number of hydrogen-bond donors (Lipinski definition) is 1. The summed E-state index contributed by atoms with van der Waals surface area (Å²) in [6, 6.07) is 0. The molecule has 1 amide bonds. The Bertz CT molecular complexity index is 409. The van der Waals surface area contributed by atoms with Gasteiger partial charge in [-0.2, -0.15) is 0 Å². The molecule has 0 bridgehead atoms. The summed E-state index contributed by atoms with van der Waals surface area (Å²) < 4.78 is 0. The van der Waals surface area contributed by atoms with E-state index in [1.807, 2.05) is 0 Å². The Hall–Kier alpha value is -0.970. The fraction of sp³-hybridized carbons (Fsp3) is 0.786. The van der Waals surface area contributed by atoms with Crippen LogP contribution in [0.4, 0.5) is 5.13 Å². The van der Waals surface area contributed by atoms with Gasteiger partial charge in [-0.1, -0.05) is 58.8 Å². The lowest BCUT2D eigenvalue weighted by Gasteiger charge is -2.13. The number of hydrogen-bond acceptors (Lipinski definition) is 4. The zero-order chi connectivity index (χ0) is 14.5. The number of anilines is 1. The fourth-order valence-corrected chi connectivity index (χ4v) is 2.56. The molecule has 1 unspecified atom stereocenters. The van der Waals surface area contributed by atoms with Crippen molar-refractivity contribution in [3.63, 3.8) is 0 Å². The topological polar surface area (TPSA) is 54.9 Å². The number of carbonyl (C=O) groups is 1. The molecule has 0 spiro atoms. The van der Waals surface area contributed by atoms with Crippen molar-refractivity contribution in [1.82, 2.24) is 10.2 Å². The normalized spacial score (nSPS) is 13.3. The van der Waals surface area contributed by atoms with Crippen LogP contribution in [0.15, 0.2) is 0 Å². The SMILES string of the molecule is CCCCC(CC)C(=O)Nc1nnc(C(C)(C)C)s1. The number of nitrogens with one attached hydrogen (secondary N) is 1. The van der Waals surface area contributed by atoms with Crippen LogP contribution in [0.25, 0.3) is 0 Å². The van der Waals surface area contributed by atoms with Gasteiger partial charge < -0.3 is 5.32 Å². The Morgan fingerprint density at radius 1 is 1.32 bits per heavy atom. The summed E-state index contributed by atoms with van der Waals surface area (Å²) in [6.07, 6.45) is 4.03. The highest BCUT2D eigenvalue weighted by molar-refractivity contribution is 7.15. The van der Waals surface area contributed by atoms with Gasteiger partial charge in [0.1, 0.15) is 5.01 Å². The highest BCUT2D eigenvalue weighted by Crippen LogP contribution is 2.28. The molecule has 0 aliphatic rings. The van der Waals surface area contributed by atoms with Crippen LogP contribution in [0.2, 0.25) is 0 Å². The van der Waals surface area contributed by atoms with Gasteiger partial charge in [-0.15, -0.1) is 10.2 Å². The number of carbonyl (C=O) groups excluding carboxylic acids is 1. The summed E-state index contributed by atoms with van der Waals surface area (Å²) in [4.78, 5) is 12.1. The monoisotopic (exact) mass is 283 g/mol. The van der Waals surface area contributed by atoms with Crippen molar-refractivity contribution in [1.29, 1.82) is 0 Å². The quantitative estimate of drug-likeness (QED) is 0.858. The van der Waals surface area contributed by atoms with Crippen LogP contribution in [-0.2, 0) is 10.2 Å².